The highest BCUT2D eigenvalue weighted by molar-refractivity contribution is 6.37. The van der Waals surface area contributed by atoms with Crippen LogP contribution < -0.4 is 10.1 Å². The number of amides is 1. The van der Waals surface area contributed by atoms with Gasteiger partial charge in [-0.3, -0.25) is 4.79 Å². The molecule has 128 valence electrons. The molecular weight excluding hydrogens is 355 g/mol. The van der Waals surface area contributed by atoms with E-state index in [0.717, 1.165) is 12.8 Å². The number of hydrogen-bond donors (Lipinski definition) is 1. The molecule has 1 amide bonds. The van der Waals surface area contributed by atoms with Gasteiger partial charge in [-0.2, -0.15) is 5.26 Å². The number of esters is 1. The lowest BCUT2D eigenvalue weighted by Crippen LogP contribution is -2.46. The molecule has 2 rings (SSSR count). The first-order valence-electron chi connectivity index (χ1n) is 7.33. The smallest absolute Gasteiger partial charge is 0.338 e. The van der Waals surface area contributed by atoms with Gasteiger partial charge in [0.15, 0.2) is 12.4 Å². The Kier molecular flexibility index (Phi) is 5.92. The van der Waals surface area contributed by atoms with E-state index in [1.54, 1.807) is 0 Å². The third-order valence-corrected chi connectivity index (χ3v) is 4.38. The van der Waals surface area contributed by atoms with E-state index < -0.39 is 24.0 Å². The third kappa shape index (κ3) is 4.11. The molecule has 1 aliphatic carbocycles. The van der Waals surface area contributed by atoms with Gasteiger partial charge in [-0.1, -0.05) is 23.2 Å². The summed E-state index contributed by atoms with van der Waals surface area (Å²) in [6.07, 6.45) is 2.98. The monoisotopic (exact) mass is 370 g/mol. The highest BCUT2D eigenvalue weighted by atomic mass is 35.5. The summed E-state index contributed by atoms with van der Waals surface area (Å²) in [6, 6.07) is 4.83. The predicted octanol–water partition coefficient (Wildman–Crippen LogP) is 3.11. The molecular formula is C16H16Cl2N2O4. The van der Waals surface area contributed by atoms with Crippen molar-refractivity contribution in [3.8, 4) is 11.8 Å². The van der Waals surface area contributed by atoms with Gasteiger partial charge in [0.1, 0.15) is 5.54 Å². The third-order valence-electron chi connectivity index (χ3n) is 3.82. The van der Waals surface area contributed by atoms with Crippen LogP contribution in [0.1, 0.15) is 36.0 Å². The normalized spacial score (nSPS) is 15.4. The van der Waals surface area contributed by atoms with Crippen molar-refractivity contribution in [3.05, 3.63) is 27.7 Å². The van der Waals surface area contributed by atoms with E-state index in [2.05, 4.69) is 11.4 Å². The Morgan fingerprint density at radius 3 is 2.38 bits per heavy atom. The van der Waals surface area contributed by atoms with Crippen LogP contribution in [0.3, 0.4) is 0 Å². The molecule has 1 fully saturated rings. The molecule has 0 aliphatic heterocycles. The number of benzene rings is 1. The summed E-state index contributed by atoms with van der Waals surface area (Å²) in [6.45, 7) is -0.483. The van der Waals surface area contributed by atoms with Crippen LogP contribution >= 0.6 is 23.2 Å². The molecule has 0 saturated heterocycles. The Hall–Kier alpha value is -1.97. The summed E-state index contributed by atoms with van der Waals surface area (Å²) in [5.41, 5.74) is -0.745. The van der Waals surface area contributed by atoms with Crippen LogP contribution in [0, 0.1) is 11.3 Å². The first kappa shape index (κ1) is 18.4. The van der Waals surface area contributed by atoms with Crippen LogP contribution in [0.2, 0.25) is 10.0 Å². The summed E-state index contributed by atoms with van der Waals surface area (Å²) < 4.78 is 9.95. The van der Waals surface area contributed by atoms with Gasteiger partial charge >= 0.3 is 5.97 Å². The lowest BCUT2D eigenvalue weighted by atomic mass is 10.00. The highest BCUT2D eigenvalue weighted by Gasteiger charge is 2.35. The zero-order chi connectivity index (χ0) is 17.7. The van der Waals surface area contributed by atoms with E-state index in [0.29, 0.717) is 12.8 Å². The molecule has 0 radical (unpaired) electrons. The van der Waals surface area contributed by atoms with Gasteiger partial charge in [0.25, 0.3) is 5.91 Å². The SMILES string of the molecule is COc1c(Cl)cc(C(=O)OCC(=O)NC2(C#N)CCCC2)cc1Cl. The van der Waals surface area contributed by atoms with Crippen molar-refractivity contribution >= 4 is 35.1 Å². The Morgan fingerprint density at radius 1 is 1.29 bits per heavy atom. The number of carbonyl (C=O) groups is 2. The van der Waals surface area contributed by atoms with E-state index in [1.807, 2.05) is 0 Å². The number of nitrogens with one attached hydrogen (secondary N) is 1. The van der Waals surface area contributed by atoms with Crippen LogP contribution in [0.5, 0.6) is 5.75 Å². The first-order valence-corrected chi connectivity index (χ1v) is 8.09. The average molecular weight is 371 g/mol. The van der Waals surface area contributed by atoms with E-state index in [1.165, 1.54) is 19.2 Å². The van der Waals surface area contributed by atoms with Crippen LogP contribution in [0.25, 0.3) is 0 Å². The van der Waals surface area contributed by atoms with Crippen LogP contribution in [-0.4, -0.2) is 31.1 Å². The molecule has 0 spiro atoms. The molecule has 6 nitrogen and oxygen atoms in total. The Bertz CT molecular complexity index is 671. The zero-order valence-corrected chi connectivity index (χ0v) is 14.5. The summed E-state index contributed by atoms with van der Waals surface area (Å²) in [5, 5.41) is 12.2. The molecule has 0 heterocycles. The number of nitriles is 1. The largest absolute Gasteiger partial charge is 0.494 e. The lowest BCUT2D eigenvalue weighted by molar-refractivity contribution is -0.125. The molecule has 24 heavy (non-hydrogen) atoms. The molecule has 8 heteroatoms. The molecule has 1 N–H and O–H groups in total. The van der Waals surface area contributed by atoms with Crippen LogP contribution in [-0.2, 0) is 9.53 Å². The number of rotatable bonds is 5. The minimum atomic E-state index is -0.851. The molecule has 1 saturated carbocycles. The summed E-state index contributed by atoms with van der Waals surface area (Å²) in [7, 11) is 1.41. The van der Waals surface area contributed by atoms with Crippen molar-refractivity contribution < 1.29 is 19.1 Å². The number of halogens is 2. The maximum Gasteiger partial charge on any atom is 0.338 e. The van der Waals surface area contributed by atoms with Gasteiger partial charge in [-0.05, 0) is 37.8 Å². The first-order chi connectivity index (χ1) is 11.4. The fourth-order valence-corrected chi connectivity index (χ4v) is 3.27. The van der Waals surface area contributed by atoms with Crippen molar-refractivity contribution in [1.29, 1.82) is 5.26 Å². The molecule has 0 unspecified atom stereocenters. The Balaban J connectivity index is 1.96. The Labute approximate surface area is 149 Å². The summed E-state index contributed by atoms with van der Waals surface area (Å²) in [4.78, 5) is 23.9. The fraction of sp³-hybridized carbons (Fsp3) is 0.438. The van der Waals surface area contributed by atoms with Gasteiger partial charge in [0.05, 0.1) is 28.8 Å². The molecule has 0 atom stereocenters. The van der Waals surface area contributed by atoms with Crippen molar-refractivity contribution in [1.82, 2.24) is 5.32 Å². The number of ether oxygens (including phenoxy) is 2. The molecule has 1 aliphatic rings. The van der Waals surface area contributed by atoms with Gasteiger partial charge in [-0.25, -0.2) is 4.79 Å². The minimum absolute atomic E-state index is 0.106. The second kappa shape index (κ2) is 7.73. The molecule has 1 aromatic carbocycles. The molecule has 0 aromatic heterocycles. The van der Waals surface area contributed by atoms with Gasteiger partial charge < -0.3 is 14.8 Å². The van der Waals surface area contributed by atoms with Gasteiger partial charge in [-0.15, -0.1) is 0 Å². The van der Waals surface area contributed by atoms with Crippen LogP contribution in [0.15, 0.2) is 12.1 Å². The van der Waals surface area contributed by atoms with E-state index >= 15 is 0 Å². The van der Waals surface area contributed by atoms with E-state index in [4.69, 9.17) is 32.7 Å². The minimum Gasteiger partial charge on any atom is -0.494 e. The number of nitrogens with zero attached hydrogens (tertiary/aromatic N) is 1. The quantitative estimate of drug-likeness (QED) is 0.804. The summed E-state index contributed by atoms with van der Waals surface area (Å²) >= 11 is 11.9. The Morgan fingerprint density at radius 2 is 1.88 bits per heavy atom. The van der Waals surface area contributed by atoms with Crippen molar-refractivity contribution in [2.24, 2.45) is 0 Å². The van der Waals surface area contributed by atoms with Gasteiger partial charge in [0, 0.05) is 0 Å². The predicted molar refractivity (Wildman–Crippen MR) is 88.3 cm³/mol. The molecule has 1 aromatic rings. The fourth-order valence-electron chi connectivity index (χ4n) is 2.63. The maximum atomic E-state index is 12.0. The number of hydrogen-bond acceptors (Lipinski definition) is 5. The second-order valence-corrected chi connectivity index (χ2v) is 6.31. The van der Waals surface area contributed by atoms with Gasteiger partial charge in [0.2, 0.25) is 0 Å². The zero-order valence-electron chi connectivity index (χ0n) is 13.0. The van der Waals surface area contributed by atoms with Crippen LogP contribution in [0.4, 0.5) is 0 Å². The number of carbonyl (C=O) groups excluding carboxylic acids is 2. The highest BCUT2D eigenvalue weighted by Crippen LogP contribution is 2.34. The van der Waals surface area contributed by atoms with Crippen molar-refractivity contribution in [2.45, 2.75) is 31.2 Å². The van der Waals surface area contributed by atoms with E-state index in [9.17, 15) is 14.9 Å². The topological polar surface area (TPSA) is 88.4 Å². The van der Waals surface area contributed by atoms with E-state index in [-0.39, 0.29) is 21.4 Å². The standard InChI is InChI=1S/C16H16Cl2N2O4/c1-23-14-11(17)6-10(7-12(14)18)15(22)24-8-13(21)20-16(9-19)4-2-3-5-16/h6-7H,2-5,8H2,1H3,(H,20,21). The average Bonchev–Trinajstić information content (AvgIpc) is 3.01. The second-order valence-electron chi connectivity index (χ2n) is 5.50. The summed E-state index contributed by atoms with van der Waals surface area (Å²) in [5.74, 6) is -1.00. The molecule has 0 bridgehead atoms. The number of methoxy groups -OCH3 is 1. The lowest BCUT2D eigenvalue weighted by Gasteiger charge is -2.21. The van der Waals surface area contributed by atoms with Crippen molar-refractivity contribution in [2.75, 3.05) is 13.7 Å². The van der Waals surface area contributed by atoms with Crippen molar-refractivity contribution in [3.63, 3.8) is 0 Å². The maximum absolute atomic E-state index is 12.0.